The van der Waals surface area contributed by atoms with Crippen molar-refractivity contribution in [2.75, 3.05) is 11.1 Å². The van der Waals surface area contributed by atoms with Gasteiger partial charge in [-0.2, -0.15) is 5.10 Å². The molecule has 0 aliphatic carbocycles. The first-order chi connectivity index (χ1) is 12.5. The van der Waals surface area contributed by atoms with Crippen LogP contribution in [0.5, 0.6) is 0 Å². The van der Waals surface area contributed by atoms with Gasteiger partial charge in [-0.15, -0.1) is 20.4 Å². The van der Waals surface area contributed by atoms with E-state index in [9.17, 15) is 4.79 Å². The van der Waals surface area contributed by atoms with Crippen molar-refractivity contribution in [1.29, 1.82) is 0 Å². The quantitative estimate of drug-likeness (QED) is 0.620. The molecule has 0 aromatic carbocycles. The van der Waals surface area contributed by atoms with Crippen molar-refractivity contribution in [2.45, 2.75) is 38.6 Å². The van der Waals surface area contributed by atoms with Crippen molar-refractivity contribution < 1.29 is 4.79 Å². The molecule has 3 aromatic heterocycles. The molecule has 0 unspecified atom stereocenters. The molecule has 0 saturated carbocycles. The smallest absolute Gasteiger partial charge is 0.236 e. The highest BCUT2D eigenvalue weighted by Crippen LogP contribution is 2.19. The van der Waals surface area contributed by atoms with Crippen molar-refractivity contribution >= 4 is 34.1 Å². The largest absolute Gasteiger partial charge is 0.300 e. The number of hydrogen-bond acceptors (Lipinski definition) is 8. The number of carbonyl (C=O) groups excluding carboxylic acids is 1. The van der Waals surface area contributed by atoms with Crippen LogP contribution < -0.4 is 5.32 Å². The molecule has 0 aliphatic rings. The highest BCUT2D eigenvalue weighted by atomic mass is 32.2. The number of nitrogens with zero attached hydrogens (tertiary/aromatic N) is 6. The van der Waals surface area contributed by atoms with Gasteiger partial charge in [0.15, 0.2) is 5.82 Å². The third-order valence-corrected chi connectivity index (χ3v) is 5.20. The molecule has 26 heavy (non-hydrogen) atoms. The summed E-state index contributed by atoms with van der Waals surface area (Å²) in [6.45, 7) is 5.98. The van der Waals surface area contributed by atoms with E-state index in [1.165, 1.54) is 23.1 Å². The standard InChI is InChI=1S/C16H19N7OS2/c1-4-5-15-20-21-16(26-15)17-13(24)9-25-14-7-6-12(18-19-14)23-11(3)8-10(2)22-23/h6-8H,4-5,9H2,1-3H3,(H,17,21,24). The third kappa shape index (κ3) is 4.64. The number of amides is 1. The summed E-state index contributed by atoms with van der Waals surface area (Å²) in [6.07, 6.45) is 1.88. The molecule has 0 fully saturated rings. The van der Waals surface area contributed by atoms with Crippen LogP contribution >= 0.6 is 23.1 Å². The molecule has 0 bridgehead atoms. The van der Waals surface area contributed by atoms with E-state index in [0.717, 1.165) is 29.2 Å². The maximum absolute atomic E-state index is 12.0. The average Bonchev–Trinajstić information content (AvgIpc) is 3.19. The van der Waals surface area contributed by atoms with Crippen LogP contribution in [0.15, 0.2) is 23.2 Å². The lowest BCUT2D eigenvalue weighted by Gasteiger charge is -2.04. The lowest BCUT2D eigenvalue weighted by atomic mass is 10.4. The van der Waals surface area contributed by atoms with E-state index in [2.05, 4.69) is 37.7 Å². The molecular formula is C16H19N7OS2. The number of carbonyl (C=O) groups is 1. The number of nitrogens with one attached hydrogen (secondary N) is 1. The molecule has 0 aliphatic heterocycles. The Morgan fingerprint density at radius 1 is 1.23 bits per heavy atom. The summed E-state index contributed by atoms with van der Waals surface area (Å²) < 4.78 is 1.74. The topological polar surface area (TPSA) is 98.5 Å². The fourth-order valence-electron chi connectivity index (χ4n) is 2.28. The summed E-state index contributed by atoms with van der Waals surface area (Å²) in [6, 6.07) is 5.66. The second kappa shape index (κ2) is 8.37. The predicted octanol–water partition coefficient (Wildman–Crippen LogP) is 2.81. The molecule has 8 nitrogen and oxygen atoms in total. The summed E-state index contributed by atoms with van der Waals surface area (Å²) in [5, 5.41) is 25.6. The Kier molecular flexibility index (Phi) is 5.94. The van der Waals surface area contributed by atoms with Crippen LogP contribution in [0.4, 0.5) is 5.13 Å². The molecule has 3 heterocycles. The zero-order chi connectivity index (χ0) is 18.5. The van der Waals surface area contributed by atoms with E-state index >= 15 is 0 Å². The number of aromatic nitrogens is 6. The van der Waals surface area contributed by atoms with Crippen molar-refractivity contribution in [3.05, 3.63) is 34.6 Å². The van der Waals surface area contributed by atoms with Gasteiger partial charge in [-0.1, -0.05) is 30.0 Å². The average molecular weight is 390 g/mol. The van der Waals surface area contributed by atoms with E-state index in [1.807, 2.05) is 32.0 Å². The third-order valence-electron chi connectivity index (χ3n) is 3.38. The van der Waals surface area contributed by atoms with E-state index in [0.29, 0.717) is 16.0 Å². The van der Waals surface area contributed by atoms with Crippen LogP contribution in [0.2, 0.25) is 0 Å². The zero-order valence-electron chi connectivity index (χ0n) is 14.8. The van der Waals surface area contributed by atoms with Crippen LogP contribution in [0.25, 0.3) is 5.82 Å². The molecule has 0 spiro atoms. The zero-order valence-corrected chi connectivity index (χ0v) is 16.4. The Balaban J connectivity index is 1.54. The Morgan fingerprint density at radius 3 is 2.73 bits per heavy atom. The highest BCUT2D eigenvalue weighted by Gasteiger charge is 2.10. The number of thioether (sulfide) groups is 1. The van der Waals surface area contributed by atoms with Crippen LogP contribution in [0.1, 0.15) is 29.7 Å². The number of hydrogen-bond donors (Lipinski definition) is 1. The van der Waals surface area contributed by atoms with Gasteiger partial charge in [-0.05, 0) is 38.5 Å². The van der Waals surface area contributed by atoms with E-state index in [-0.39, 0.29) is 11.7 Å². The fraction of sp³-hybridized carbons (Fsp3) is 0.375. The summed E-state index contributed by atoms with van der Waals surface area (Å²) in [5.74, 6) is 0.747. The molecular weight excluding hydrogens is 370 g/mol. The van der Waals surface area contributed by atoms with Gasteiger partial charge in [-0.25, -0.2) is 4.68 Å². The molecule has 3 rings (SSSR count). The van der Waals surface area contributed by atoms with Gasteiger partial charge in [0.1, 0.15) is 10.0 Å². The molecule has 10 heteroatoms. The SMILES string of the molecule is CCCc1nnc(NC(=O)CSc2ccc(-n3nc(C)cc3C)nn2)s1. The van der Waals surface area contributed by atoms with Gasteiger partial charge >= 0.3 is 0 Å². The maximum Gasteiger partial charge on any atom is 0.236 e. The molecule has 3 aromatic rings. The normalized spacial score (nSPS) is 10.9. The van der Waals surface area contributed by atoms with Crippen LogP contribution in [-0.4, -0.2) is 41.8 Å². The highest BCUT2D eigenvalue weighted by molar-refractivity contribution is 7.99. The summed E-state index contributed by atoms with van der Waals surface area (Å²) in [7, 11) is 0. The van der Waals surface area contributed by atoms with Gasteiger partial charge in [0.05, 0.1) is 11.4 Å². The van der Waals surface area contributed by atoms with Crippen molar-refractivity contribution in [2.24, 2.45) is 0 Å². The van der Waals surface area contributed by atoms with E-state index in [1.54, 1.807) is 4.68 Å². The Bertz CT molecular complexity index is 888. The molecule has 0 saturated heterocycles. The first-order valence-electron chi connectivity index (χ1n) is 8.17. The molecule has 1 amide bonds. The molecule has 0 atom stereocenters. The first-order valence-corrected chi connectivity index (χ1v) is 9.97. The summed E-state index contributed by atoms with van der Waals surface area (Å²) in [5.41, 5.74) is 1.93. The van der Waals surface area contributed by atoms with Crippen LogP contribution in [0, 0.1) is 13.8 Å². The van der Waals surface area contributed by atoms with Gasteiger partial charge < -0.3 is 0 Å². The second-order valence-corrected chi connectivity index (χ2v) is 7.71. The second-order valence-electron chi connectivity index (χ2n) is 5.66. The molecule has 136 valence electrons. The van der Waals surface area contributed by atoms with E-state index in [4.69, 9.17) is 0 Å². The first kappa shape index (κ1) is 18.5. The lowest BCUT2D eigenvalue weighted by molar-refractivity contribution is -0.113. The minimum absolute atomic E-state index is 0.140. The minimum atomic E-state index is -0.140. The van der Waals surface area contributed by atoms with E-state index < -0.39 is 0 Å². The fourth-order valence-corrected chi connectivity index (χ4v) is 3.75. The summed E-state index contributed by atoms with van der Waals surface area (Å²) in [4.78, 5) is 12.0. The van der Waals surface area contributed by atoms with Crippen molar-refractivity contribution in [3.8, 4) is 5.82 Å². The van der Waals surface area contributed by atoms with Gasteiger partial charge in [0, 0.05) is 12.1 Å². The number of aryl methyl sites for hydroxylation is 3. The monoisotopic (exact) mass is 389 g/mol. The van der Waals surface area contributed by atoms with Crippen LogP contribution in [-0.2, 0) is 11.2 Å². The lowest BCUT2D eigenvalue weighted by Crippen LogP contribution is -2.14. The Morgan fingerprint density at radius 2 is 2.08 bits per heavy atom. The molecule has 0 radical (unpaired) electrons. The number of rotatable bonds is 7. The Hall–Kier alpha value is -2.33. The van der Waals surface area contributed by atoms with Crippen molar-refractivity contribution in [1.82, 2.24) is 30.2 Å². The predicted molar refractivity (Wildman–Crippen MR) is 102 cm³/mol. The van der Waals surface area contributed by atoms with Gasteiger partial charge in [-0.3, -0.25) is 10.1 Å². The van der Waals surface area contributed by atoms with Gasteiger partial charge in [0.2, 0.25) is 11.0 Å². The number of anilines is 1. The Labute approximate surface area is 159 Å². The minimum Gasteiger partial charge on any atom is -0.300 e. The maximum atomic E-state index is 12.0. The molecule has 1 N–H and O–H groups in total. The van der Waals surface area contributed by atoms with Crippen molar-refractivity contribution in [3.63, 3.8) is 0 Å². The van der Waals surface area contributed by atoms with Gasteiger partial charge in [0.25, 0.3) is 0 Å². The summed E-state index contributed by atoms with van der Waals surface area (Å²) >= 11 is 2.73. The van der Waals surface area contributed by atoms with Crippen LogP contribution in [0.3, 0.4) is 0 Å².